The van der Waals surface area contributed by atoms with Crippen molar-refractivity contribution < 1.29 is 14.0 Å². The molecule has 1 aliphatic rings. The number of halogens is 1. The van der Waals surface area contributed by atoms with Crippen LogP contribution in [0.1, 0.15) is 38.8 Å². The van der Waals surface area contributed by atoms with Gasteiger partial charge in [-0.25, -0.2) is 9.18 Å². The van der Waals surface area contributed by atoms with E-state index >= 15 is 0 Å². The molecule has 124 valence electrons. The minimum atomic E-state index is -0.468. The second-order valence-corrected chi connectivity index (χ2v) is 5.82. The van der Waals surface area contributed by atoms with E-state index in [1.807, 2.05) is 20.8 Å². The van der Waals surface area contributed by atoms with E-state index in [0.717, 1.165) is 18.3 Å². The summed E-state index contributed by atoms with van der Waals surface area (Å²) in [6.45, 7) is 6.12. The Morgan fingerprint density at radius 3 is 2.61 bits per heavy atom. The summed E-state index contributed by atoms with van der Waals surface area (Å²) in [4.78, 5) is 29.7. The average Bonchev–Trinajstić information content (AvgIpc) is 2.55. The first-order valence-electron chi connectivity index (χ1n) is 7.82. The molecular formula is C17H22FN3O2. The van der Waals surface area contributed by atoms with E-state index in [0.29, 0.717) is 12.4 Å². The monoisotopic (exact) mass is 319 g/mol. The highest BCUT2D eigenvalue weighted by Gasteiger charge is 2.32. The predicted octanol–water partition coefficient (Wildman–Crippen LogP) is 2.92. The van der Waals surface area contributed by atoms with Gasteiger partial charge in [0.05, 0.1) is 12.0 Å². The van der Waals surface area contributed by atoms with Crippen molar-refractivity contribution in [3.8, 4) is 0 Å². The minimum Gasteiger partial charge on any atom is -0.321 e. The maximum absolute atomic E-state index is 13.0. The molecule has 2 amide bonds. The van der Waals surface area contributed by atoms with Crippen molar-refractivity contribution in [1.29, 1.82) is 0 Å². The number of nitrogens with zero attached hydrogens (tertiary/aromatic N) is 2. The van der Waals surface area contributed by atoms with Crippen molar-refractivity contribution in [2.45, 2.75) is 39.3 Å². The van der Waals surface area contributed by atoms with E-state index in [4.69, 9.17) is 0 Å². The molecule has 1 aliphatic heterocycles. The number of urea groups is 1. The zero-order valence-electron chi connectivity index (χ0n) is 13.6. The molecule has 1 aromatic rings. The first-order chi connectivity index (χ1) is 11.0. The van der Waals surface area contributed by atoms with Gasteiger partial charge in [0, 0.05) is 12.6 Å². The molecule has 3 unspecified atom stereocenters. The SMILES string of the molecule is CCC(C)N1CC(C=O)C(=NC(C)c2ccc(F)cc2)NC1=O. The fraction of sp³-hybridized carbons (Fsp3) is 0.471. The third-order valence-corrected chi connectivity index (χ3v) is 4.21. The summed E-state index contributed by atoms with van der Waals surface area (Å²) in [6, 6.07) is 5.59. The van der Waals surface area contributed by atoms with Crippen molar-refractivity contribution in [2.24, 2.45) is 10.9 Å². The largest absolute Gasteiger partial charge is 0.323 e. The van der Waals surface area contributed by atoms with E-state index in [9.17, 15) is 14.0 Å². The Bertz CT molecular complexity index is 600. The van der Waals surface area contributed by atoms with Gasteiger partial charge in [-0.05, 0) is 38.0 Å². The minimum absolute atomic E-state index is 0.0634. The first-order valence-corrected chi connectivity index (χ1v) is 7.82. The molecule has 2 rings (SSSR count). The number of amides is 2. The highest BCUT2D eigenvalue weighted by molar-refractivity contribution is 6.07. The van der Waals surface area contributed by atoms with Crippen molar-refractivity contribution in [1.82, 2.24) is 10.2 Å². The van der Waals surface area contributed by atoms with Gasteiger partial charge in [-0.3, -0.25) is 10.3 Å². The van der Waals surface area contributed by atoms with Crippen LogP contribution in [0.4, 0.5) is 9.18 Å². The number of amidine groups is 1. The van der Waals surface area contributed by atoms with Crippen LogP contribution in [0.15, 0.2) is 29.3 Å². The molecular weight excluding hydrogens is 297 g/mol. The fourth-order valence-corrected chi connectivity index (χ4v) is 2.52. The number of hydrogen-bond donors (Lipinski definition) is 1. The number of hydrogen-bond acceptors (Lipinski definition) is 3. The molecule has 0 saturated carbocycles. The van der Waals surface area contributed by atoms with Crippen LogP contribution in [-0.4, -0.2) is 35.6 Å². The Kier molecular flexibility index (Phi) is 5.47. The van der Waals surface area contributed by atoms with Crippen LogP contribution in [0, 0.1) is 11.7 Å². The van der Waals surface area contributed by atoms with Crippen molar-refractivity contribution in [2.75, 3.05) is 6.54 Å². The summed E-state index contributed by atoms with van der Waals surface area (Å²) in [5.41, 5.74) is 0.821. The van der Waals surface area contributed by atoms with Gasteiger partial charge in [-0.1, -0.05) is 19.1 Å². The Morgan fingerprint density at radius 2 is 2.04 bits per heavy atom. The summed E-state index contributed by atoms with van der Waals surface area (Å²) in [6.07, 6.45) is 1.63. The quantitative estimate of drug-likeness (QED) is 0.848. The molecule has 6 heteroatoms. The highest BCUT2D eigenvalue weighted by atomic mass is 19.1. The molecule has 1 N–H and O–H groups in total. The van der Waals surface area contributed by atoms with E-state index < -0.39 is 5.92 Å². The summed E-state index contributed by atoms with van der Waals surface area (Å²) >= 11 is 0. The number of aldehydes is 1. The fourth-order valence-electron chi connectivity index (χ4n) is 2.52. The molecule has 1 fully saturated rings. The van der Waals surface area contributed by atoms with Gasteiger partial charge in [-0.15, -0.1) is 0 Å². The van der Waals surface area contributed by atoms with Crippen molar-refractivity contribution >= 4 is 18.2 Å². The van der Waals surface area contributed by atoms with Crippen LogP contribution in [-0.2, 0) is 4.79 Å². The Balaban J connectivity index is 2.19. The topological polar surface area (TPSA) is 61.8 Å². The van der Waals surface area contributed by atoms with Crippen LogP contribution < -0.4 is 5.32 Å². The second-order valence-electron chi connectivity index (χ2n) is 5.82. The van der Waals surface area contributed by atoms with Gasteiger partial charge in [0.1, 0.15) is 17.9 Å². The van der Waals surface area contributed by atoms with Gasteiger partial charge < -0.3 is 9.69 Å². The molecule has 0 bridgehead atoms. The molecule has 0 spiro atoms. The molecule has 1 saturated heterocycles. The van der Waals surface area contributed by atoms with Gasteiger partial charge in [0.25, 0.3) is 0 Å². The number of carbonyl (C=O) groups is 2. The van der Waals surface area contributed by atoms with Gasteiger partial charge in [0.15, 0.2) is 0 Å². The van der Waals surface area contributed by atoms with Gasteiger partial charge in [-0.2, -0.15) is 0 Å². The predicted molar refractivity (Wildman–Crippen MR) is 86.8 cm³/mol. The number of aliphatic imine (C=N–C) groups is 1. The lowest BCUT2D eigenvalue weighted by Gasteiger charge is -2.36. The molecule has 3 atom stereocenters. The van der Waals surface area contributed by atoms with E-state index in [-0.39, 0.29) is 23.9 Å². The van der Waals surface area contributed by atoms with Crippen LogP contribution >= 0.6 is 0 Å². The molecule has 0 aromatic heterocycles. The van der Waals surface area contributed by atoms with E-state index in [1.165, 1.54) is 12.1 Å². The van der Waals surface area contributed by atoms with Crippen molar-refractivity contribution in [3.63, 3.8) is 0 Å². The molecule has 0 radical (unpaired) electrons. The number of nitrogens with one attached hydrogen (secondary N) is 1. The Morgan fingerprint density at radius 1 is 1.39 bits per heavy atom. The zero-order valence-corrected chi connectivity index (χ0v) is 13.6. The van der Waals surface area contributed by atoms with Crippen LogP contribution in [0.3, 0.4) is 0 Å². The number of benzene rings is 1. The summed E-state index contributed by atoms with van der Waals surface area (Å²) in [5.74, 6) is -0.402. The lowest BCUT2D eigenvalue weighted by molar-refractivity contribution is -0.110. The van der Waals surface area contributed by atoms with Crippen LogP contribution in [0.25, 0.3) is 0 Å². The van der Waals surface area contributed by atoms with E-state index in [2.05, 4.69) is 10.3 Å². The van der Waals surface area contributed by atoms with Crippen LogP contribution in [0.5, 0.6) is 0 Å². The maximum Gasteiger partial charge on any atom is 0.323 e. The normalized spacial score (nSPS) is 22.6. The molecule has 23 heavy (non-hydrogen) atoms. The van der Waals surface area contributed by atoms with Gasteiger partial charge >= 0.3 is 6.03 Å². The second kappa shape index (κ2) is 7.35. The van der Waals surface area contributed by atoms with Gasteiger partial charge in [0.2, 0.25) is 0 Å². The average molecular weight is 319 g/mol. The standard InChI is InChI=1S/C17H22FN3O2/c1-4-11(2)21-9-14(10-22)16(20-17(21)23)19-12(3)13-5-7-15(18)8-6-13/h5-8,10-12,14H,4,9H2,1-3H3,(H,19,20,23). The number of rotatable bonds is 5. The molecule has 5 nitrogen and oxygen atoms in total. The highest BCUT2D eigenvalue weighted by Crippen LogP contribution is 2.20. The summed E-state index contributed by atoms with van der Waals surface area (Å²) < 4.78 is 13.0. The smallest absolute Gasteiger partial charge is 0.321 e. The Labute approximate surface area is 135 Å². The maximum atomic E-state index is 13.0. The van der Waals surface area contributed by atoms with E-state index in [1.54, 1.807) is 17.0 Å². The molecule has 1 heterocycles. The third kappa shape index (κ3) is 3.94. The third-order valence-electron chi connectivity index (χ3n) is 4.21. The summed E-state index contributed by atoms with van der Waals surface area (Å²) in [7, 11) is 0. The lowest BCUT2D eigenvalue weighted by Crippen LogP contribution is -2.57. The van der Waals surface area contributed by atoms with Crippen molar-refractivity contribution in [3.05, 3.63) is 35.6 Å². The molecule has 0 aliphatic carbocycles. The van der Waals surface area contributed by atoms with Crippen LogP contribution in [0.2, 0.25) is 0 Å². The summed E-state index contributed by atoms with van der Waals surface area (Å²) in [5, 5.41) is 2.73. The number of carbonyl (C=O) groups excluding carboxylic acids is 2. The Hall–Kier alpha value is -2.24. The molecule has 1 aromatic carbocycles. The first kappa shape index (κ1) is 17.1. The zero-order chi connectivity index (χ0) is 17.0. The lowest BCUT2D eigenvalue weighted by atomic mass is 10.0.